The predicted octanol–water partition coefficient (Wildman–Crippen LogP) is 3.62. The summed E-state index contributed by atoms with van der Waals surface area (Å²) in [6, 6.07) is 4.65. The first-order valence-electron chi connectivity index (χ1n) is 9.91. The number of benzene rings is 1. The summed E-state index contributed by atoms with van der Waals surface area (Å²) in [6.07, 6.45) is 1.19. The molecule has 1 aliphatic rings. The number of hydrogen-bond donors (Lipinski definition) is 1. The highest BCUT2D eigenvalue weighted by molar-refractivity contribution is 5.83. The van der Waals surface area contributed by atoms with Gasteiger partial charge < -0.3 is 19.5 Å². The Morgan fingerprint density at radius 2 is 2.15 bits per heavy atom. The number of halogens is 1. The molecule has 2 aromatic rings. The highest BCUT2D eigenvalue weighted by Crippen LogP contribution is 2.26. The molecule has 0 spiro atoms. The number of hydrogen-bond acceptors (Lipinski definition) is 3. The van der Waals surface area contributed by atoms with Gasteiger partial charge in [0.25, 0.3) is 0 Å². The van der Waals surface area contributed by atoms with Crippen molar-refractivity contribution in [2.24, 2.45) is 10.9 Å². The normalized spacial score (nSPS) is 18.1. The van der Waals surface area contributed by atoms with E-state index >= 15 is 0 Å². The van der Waals surface area contributed by atoms with E-state index in [2.05, 4.69) is 34.0 Å². The summed E-state index contributed by atoms with van der Waals surface area (Å²) in [5, 5.41) is 4.26. The highest BCUT2D eigenvalue weighted by atomic mass is 19.1. The van der Waals surface area contributed by atoms with Crippen LogP contribution in [0.2, 0.25) is 0 Å². The van der Waals surface area contributed by atoms with Crippen LogP contribution in [0, 0.1) is 18.7 Å². The predicted molar refractivity (Wildman–Crippen MR) is 109 cm³/mol. The molecule has 0 saturated carbocycles. The number of furan rings is 1. The fourth-order valence-electron chi connectivity index (χ4n) is 3.93. The summed E-state index contributed by atoms with van der Waals surface area (Å²) >= 11 is 0. The van der Waals surface area contributed by atoms with Crippen LogP contribution < -0.4 is 5.32 Å². The molecule has 1 aliphatic heterocycles. The Hall–Kier alpha value is -2.08. The van der Waals surface area contributed by atoms with Crippen LogP contribution in [-0.4, -0.2) is 55.5 Å². The fraction of sp³-hybridized carbons (Fsp3) is 0.571. The molecule has 1 N–H and O–H groups in total. The second-order valence-corrected chi connectivity index (χ2v) is 7.28. The molecular weight excluding hydrogens is 343 g/mol. The number of aliphatic imine (C=N–C) groups is 1. The SMILES string of the molecule is CCN(CC)CC1CCN(C(=NC)NCc2oc3ccc(F)cc3c2C)C1. The lowest BCUT2D eigenvalue weighted by molar-refractivity contribution is 0.255. The first-order valence-corrected chi connectivity index (χ1v) is 9.91. The molecule has 6 heteroatoms. The van der Waals surface area contributed by atoms with Gasteiger partial charge in [-0.15, -0.1) is 0 Å². The van der Waals surface area contributed by atoms with Crippen LogP contribution in [0.25, 0.3) is 11.0 Å². The van der Waals surface area contributed by atoms with Gasteiger partial charge >= 0.3 is 0 Å². The summed E-state index contributed by atoms with van der Waals surface area (Å²) in [7, 11) is 1.82. The Kier molecular flexibility index (Phi) is 6.37. The van der Waals surface area contributed by atoms with Gasteiger partial charge in [0.05, 0.1) is 6.54 Å². The summed E-state index contributed by atoms with van der Waals surface area (Å²) in [5.41, 5.74) is 1.70. The Morgan fingerprint density at radius 1 is 1.37 bits per heavy atom. The van der Waals surface area contributed by atoms with E-state index in [-0.39, 0.29) is 5.82 Å². The molecular formula is C21H31FN4O. The van der Waals surface area contributed by atoms with Gasteiger partial charge in [0.1, 0.15) is 17.2 Å². The Bertz CT molecular complexity index is 797. The van der Waals surface area contributed by atoms with Crippen LogP contribution >= 0.6 is 0 Å². The van der Waals surface area contributed by atoms with Crippen molar-refractivity contribution in [3.63, 3.8) is 0 Å². The molecule has 3 rings (SSSR count). The molecule has 0 aliphatic carbocycles. The summed E-state index contributed by atoms with van der Waals surface area (Å²) in [5.74, 6) is 2.18. The molecule has 0 amide bonds. The Morgan fingerprint density at radius 3 is 2.85 bits per heavy atom. The van der Waals surface area contributed by atoms with Crippen LogP contribution in [0.4, 0.5) is 4.39 Å². The van der Waals surface area contributed by atoms with Crippen molar-refractivity contribution in [2.75, 3.05) is 39.8 Å². The number of aryl methyl sites for hydroxylation is 1. The van der Waals surface area contributed by atoms with Gasteiger partial charge in [0.2, 0.25) is 0 Å². The van der Waals surface area contributed by atoms with Gasteiger partial charge in [-0.3, -0.25) is 4.99 Å². The highest BCUT2D eigenvalue weighted by Gasteiger charge is 2.26. The maximum atomic E-state index is 13.5. The standard InChI is InChI=1S/C21H31FN4O/c1-5-25(6-2)13-16-9-10-26(14-16)21(23-4)24-12-20-15(3)18-11-17(22)7-8-19(18)27-20/h7-8,11,16H,5-6,9-10,12-14H2,1-4H3,(H,23,24). The quantitative estimate of drug-likeness (QED) is 0.620. The van der Waals surface area contributed by atoms with E-state index in [1.807, 2.05) is 14.0 Å². The molecule has 1 atom stereocenters. The third-order valence-electron chi connectivity index (χ3n) is 5.61. The van der Waals surface area contributed by atoms with E-state index in [0.717, 1.165) is 61.0 Å². The fourth-order valence-corrected chi connectivity index (χ4v) is 3.93. The van der Waals surface area contributed by atoms with Crippen LogP contribution in [0.15, 0.2) is 27.6 Å². The summed E-state index contributed by atoms with van der Waals surface area (Å²) in [6.45, 7) is 12.4. The van der Waals surface area contributed by atoms with E-state index in [1.54, 1.807) is 6.07 Å². The lowest BCUT2D eigenvalue weighted by Gasteiger charge is -2.24. The number of nitrogens with one attached hydrogen (secondary N) is 1. The topological polar surface area (TPSA) is 44.0 Å². The van der Waals surface area contributed by atoms with E-state index in [1.165, 1.54) is 18.6 Å². The third kappa shape index (κ3) is 4.43. The molecule has 1 aromatic heterocycles. The lowest BCUT2D eigenvalue weighted by Crippen LogP contribution is -2.40. The van der Waals surface area contributed by atoms with Crippen molar-refractivity contribution in [2.45, 2.75) is 33.7 Å². The lowest BCUT2D eigenvalue weighted by atomic mass is 10.1. The third-order valence-corrected chi connectivity index (χ3v) is 5.61. The van der Waals surface area contributed by atoms with Gasteiger partial charge in [-0.25, -0.2) is 4.39 Å². The minimum atomic E-state index is -0.238. The van der Waals surface area contributed by atoms with Gasteiger partial charge in [0, 0.05) is 37.6 Å². The van der Waals surface area contributed by atoms with E-state index in [9.17, 15) is 4.39 Å². The number of guanidine groups is 1. The van der Waals surface area contributed by atoms with Crippen molar-refractivity contribution in [1.29, 1.82) is 0 Å². The molecule has 2 heterocycles. The second-order valence-electron chi connectivity index (χ2n) is 7.28. The van der Waals surface area contributed by atoms with Crippen molar-refractivity contribution in [3.8, 4) is 0 Å². The Balaban J connectivity index is 1.61. The average molecular weight is 375 g/mol. The molecule has 0 bridgehead atoms. The van der Waals surface area contributed by atoms with Crippen LogP contribution in [0.3, 0.4) is 0 Å². The number of nitrogens with zero attached hydrogens (tertiary/aromatic N) is 3. The molecule has 5 nitrogen and oxygen atoms in total. The van der Waals surface area contributed by atoms with Crippen LogP contribution in [-0.2, 0) is 6.54 Å². The molecule has 1 unspecified atom stereocenters. The van der Waals surface area contributed by atoms with Crippen molar-refractivity contribution in [3.05, 3.63) is 35.3 Å². The molecule has 148 valence electrons. The van der Waals surface area contributed by atoms with E-state index < -0.39 is 0 Å². The maximum Gasteiger partial charge on any atom is 0.194 e. The van der Waals surface area contributed by atoms with Gasteiger partial charge in [0.15, 0.2) is 5.96 Å². The van der Waals surface area contributed by atoms with Crippen molar-refractivity contribution >= 4 is 16.9 Å². The minimum Gasteiger partial charge on any atom is -0.459 e. The van der Waals surface area contributed by atoms with E-state index in [0.29, 0.717) is 12.5 Å². The second kappa shape index (κ2) is 8.74. The van der Waals surface area contributed by atoms with Gasteiger partial charge in [-0.05, 0) is 50.6 Å². The number of likely N-dealkylation sites (tertiary alicyclic amines) is 1. The number of fused-ring (bicyclic) bond motifs is 1. The molecule has 27 heavy (non-hydrogen) atoms. The summed E-state index contributed by atoms with van der Waals surface area (Å²) < 4.78 is 19.4. The molecule has 1 saturated heterocycles. The monoisotopic (exact) mass is 374 g/mol. The van der Waals surface area contributed by atoms with Crippen molar-refractivity contribution in [1.82, 2.24) is 15.1 Å². The Labute approximate surface area is 161 Å². The first-order chi connectivity index (χ1) is 13.0. The first kappa shape index (κ1) is 19.7. The molecule has 1 fully saturated rings. The molecule has 1 aromatic carbocycles. The van der Waals surface area contributed by atoms with Crippen LogP contribution in [0.5, 0.6) is 0 Å². The van der Waals surface area contributed by atoms with Crippen molar-refractivity contribution < 1.29 is 8.81 Å². The minimum absolute atomic E-state index is 0.238. The zero-order chi connectivity index (χ0) is 19.4. The zero-order valence-corrected chi connectivity index (χ0v) is 16.9. The summed E-state index contributed by atoms with van der Waals surface area (Å²) in [4.78, 5) is 9.27. The van der Waals surface area contributed by atoms with Gasteiger partial charge in [-0.2, -0.15) is 0 Å². The van der Waals surface area contributed by atoms with E-state index in [4.69, 9.17) is 4.42 Å². The zero-order valence-electron chi connectivity index (χ0n) is 16.9. The average Bonchev–Trinajstić information content (AvgIpc) is 3.26. The number of rotatable bonds is 6. The smallest absolute Gasteiger partial charge is 0.194 e. The molecule has 0 radical (unpaired) electrons. The maximum absolute atomic E-state index is 13.5. The van der Waals surface area contributed by atoms with Gasteiger partial charge in [-0.1, -0.05) is 13.8 Å². The van der Waals surface area contributed by atoms with Crippen LogP contribution in [0.1, 0.15) is 31.6 Å². The largest absolute Gasteiger partial charge is 0.459 e.